The summed E-state index contributed by atoms with van der Waals surface area (Å²) in [6, 6.07) is 9.95. The first-order chi connectivity index (χ1) is 12.1. The van der Waals surface area contributed by atoms with E-state index in [1.165, 1.54) is 0 Å². The van der Waals surface area contributed by atoms with Gasteiger partial charge in [-0.15, -0.1) is 0 Å². The van der Waals surface area contributed by atoms with Gasteiger partial charge in [-0.1, -0.05) is 30.3 Å². The van der Waals surface area contributed by atoms with Gasteiger partial charge >= 0.3 is 11.8 Å². The molecule has 0 aliphatic carbocycles. The number of allylic oxidation sites excluding steroid dienone is 2. The van der Waals surface area contributed by atoms with Crippen LogP contribution in [0.2, 0.25) is 0 Å². The van der Waals surface area contributed by atoms with Gasteiger partial charge < -0.3 is 4.57 Å². The molecule has 1 nitrogen and oxygen atoms in total. The molecule has 1 aromatic heterocycles. The van der Waals surface area contributed by atoms with Crippen LogP contribution in [0.3, 0.4) is 0 Å². The maximum atomic E-state index is 14.1. The molecule has 0 bridgehead atoms. The zero-order valence-electron chi connectivity index (χ0n) is 12.9. The van der Waals surface area contributed by atoms with Crippen LogP contribution in [0.5, 0.6) is 0 Å². The minimum atomic E-state index is -5.55. The largest absolute Gasteiger partial charge is 0.346 e. The first-order valence-corrected chi connectivity index (χ1v) is 7.11. The first kappa shape index (κ1) is 19.7. The molecule has 1 aromatic carbocycles. The minimum absolute atomic E-state index is 0.158. The van der Waals surface area contributed by atoms with Crippen LogP contribution in [0.25, 0.3) is 5.57 Å². The number of halogens is 8. The lowest BCUT2D eigenvalue weighted by Gasteiger charge is -2.26. The Morgan fingerprint density at radius 1 is 0.885 bits per heavy atom. The minimum Gasteiger partial charge on any atom is -0.343 e. The average molecular weight is 381 g/mol. The zero-order valence-corrected chi connectivity index (χ0v) is 12.9. The molecule has 0 spiro atoms. The SMILES string of the molecule is FC(F)=CC(F)(F)C(F)(F)C(=C(F)F)c1cccn1Cc1ccccc1. The summed E-state index contributed by atoms with van der Waals surface area (Å²) in [5, 5.41) is 0. The summed E-state index contributed by atoms with van der Waals surface area (Å²) in [4.78, 5) is 0. The highest BCUT2D eigenvalue weighted by Crippen LogP contribution is 2.47. The van der Waals surface area contributed by atoms with Gasteiger partial charge in [0.05, 0.1) is 11.8 Å². The Morgan fingerprint density at radius 3 is 2.04 bits per heavy atom. The third kappa shape index (κ3) is 3.97. The smallest absolute Gasteiger partial charge is 0.343 e. The molecule has 26 heavy (non-hydrogen) atoms. The van der Waals surface area contributed by atoms with Gasteiger partial charge in [-0.05, 0) is 17.7 Å². The van der Waals surface area contributed by atoms with Crippen LogP contribution in [0.4, 0.5) is 35.1 Å². The summed E-state index contributed by atoms with van der Waals surface area (Å²) in [6.07, 6.45) is -6.38. The van der Waals surface area contributed by atoms with E-state index in [0.29, 0.717) is 5.56 Å². The number of nitrogens with zero attached hydrogens (tertiary/aromatic N) is 1. The van der Waals surface area contributed by atoms with Crippen molar-refractivity contribution in [2.24, 2.45) is 0 Å². The number of hydrogen-bond donors (Lipinski definition) is 0. The average Bonchev–Trinajstić information content (AvgIpc) is 2.94. The topological polar surface area (TPSA) is 4.93 Å². The van der Waals surface area contributed by atoms with Crippen LogP contribution in [0.1, 0.15) is 11.3 Å². The lowest BCUT2D eigenvalue weighted by Crippen LogP contribution is -2.40. The molecule has 0 fully saturated rings. The summed E-state index contributed by atoms with van der Waals surface area (Å²) < 4.78 is 107. The van der Waals surface area contributed by atoms with E-state index < -0.39 is 41.3 Å². The van der Waals surface area contributed by atoms with Crippen molar-refractivity contribution in [3.63, 3.8) is 0 Å². The van der Waals surface area contributed by atoms with Crippen molar-refractivity contribution in [2.75, 3.05) is 0 Å². The number of rotatable bonds is 6. The maximum Gasteiger partial charge on any atom is 0.346 e. The predicted octanol–water partition coefficient (Wildman–Crippen LogP) is 6.20. The summed E-state index contributed by atoms with van der Waals surface area (Å²) >= 11 is 0. The third-order valence-electron chi connectivity index (χ3n) is 3.49. The van der Waals surface area contributed by atoms with Crippen LogP contribution < -0.4 is 0 Å². The number of hydrogen-bond acceptors (Lipinski definition) is 0. The van der Waals surface area contributed by atoms with E-state index in [0.717, 1.165) is 22.9 Å². The molecular weight excluding hydrogens is 370 g/mol. The van der Waals surface area contributed by atoms with Gasteiger partial charge in [0.2, 0.25) is 0 Å². The van der Waals surface area contributed by atoms with Gasteiger partial charge in [0.15, 0.2) is 0 Å². The van der Waals surface area contributed by atoms with Crippen molar-refractivity contribution in [3.05, 3.63) is 78.2 Å². The lowest BCUT2D eigenvalue weighted by molar-refractivity contribution is -0.142. The molecule has 0 radical (unpaired) electrons. The Bertz CT molecular complexity index is 812. The van der Waals surface area contributed by atoms with Crippen molar-refractivity contribution >= 4 is 5.57 Å². The molecule has 1 heterocycles. The maximum absolute atomic E-state index is 14.1. The van der Waals surface area contributed by atoms with Crippen molar-refractivity contribution in [1.82, 2.24) is 4.57 Å². The molecule has 0 atom stereocenters. The fourth-order valence-corrected chi connectivity index (χ4v) is 2.33. The highest BCUT2D eigenvalue weighted by molar-refractivity contribution is 5.71. The van der Waals surface area contributed by atoms with Crippen molar-refractivity contribution < 1.29 is 35.1 Å². The molecule has 2 aromatic rings. The molecule has 0 saturated carbocycles. The standard InChI is InChI=1S/C17H11F8N/c18-13(19)9-16(22,23)17(24,25)14(15(20)21)12-7-4-8-26(12)10-11-5-2-1-3-6-11/h1-9H,10H2. The molecule has 9 heteroatoms. The molecule has 0 aliphatic heterocycles. The van der Waals surface area contributed by atoms with Gasteiger partial charge in [0, 0.05) is 12.7 Å². The van der Waals surface area contributed by atoms with Gasteiger partial charge in [0.25, 0.3) is 12.2 Å². The van der Waals surface area contributed by atoms with Gasteiger partial charge in [0.1, 0.15) is 5.57 Å². The van der Waals surface area contributed by atoms with E-state index >= 15 is 0 Å². The molecule has 0 unspecified atom stereocenters. The molecule has 0 saturated heterocycles. The second kappa shape index (κ2) is 7.35. The second-order valence-corrected chi connectivity index (χ2v) is 5.27. The highest BCUT2D eigenvalue weighted by Gasteiger charge is 2.60. The zero-order chi connectivity index (χ0) is 19.5. The third-order valence-corrected chi connectivity index (χ3v) is 3.49. The molecule has 140 valence electrons. The summed E-state index contributed by atoms with van der Waals surface area (Å²) in [7, 11) is 0. The Morgan fingerprint density at radius 2 is 1.50 bits per heavy atom. The van der Waals surface area contributed by atoms with E-state index in [9.17, 15) is 35.1 Å². The first-order valence-electron chi connectivity index (χ1n) is 7.11. The number of alkyl halides is 4. The Balaban J connectivity index is 2.52. The second-order valence-electron chi connectivity index (χ2n) is 5.27. The van der Waals surface area contributed by atoms with E-state index in [1.54, 1.807) is 30.3 Å². The highest BCUT2D eigenvalue weighted by atomic mass is 19.3. The molecular formula is C17H11F8N. The molecule has 0 N–H and O–H groups in total. The van der Waals surface area contributed by atoms with Crippen LogP contribution in [-0.4, -0.2) is 16.4 Å². The lowest BCUT2D eigenvalue weighted by atomic mass is 10.00. The van der Waals surface area contributed by atoms with Crippen LogP contribution in [-0.2, 0) is 6.54 Å². The normalized spacial score (nSPS) is 12.0. The number of aromatic nitrogens is 1. The van der Waals surface area contributed by atoms with Crippen LogP contribution >= 0.6 is 0 Å². The van der Waals surface area contributed by atoms with E-state index in [4.69, 9.17) is 0 Å². The van der Waals surface area contributed by atoms with E-state index in [2.05, 4.69) is 0 Å². The Labute approximate surface area is 142 Å². The summed E-state index contributed by atoms with van der Waals surface area (Å²) in [5.74, 6) is -11.1. The van der Waals surface area contributed by atoms with Gasteiger partial charge in [-0.25, -0.2) is 0 Å². The fraction of sp³-hybridized carbons (Fsp3) is 0.176. The van der Waals surface area contributed by atoms with Crippen molar-refractivity contribution in [1.29, 1.82) is 0 Å². The molecule has 0 amide bonds. The van der Waals surface area contributed by atoms with Gasteiger partial charge in [-0.2, -0.15) is 35.1 Å². The predicted molar refractivity (Wildman–Crippen MR) is 79.3 cm³/mol. The summed E-state index contributed by atoms with van der Waals surface area (Å²) in [6.45, 7) is -0.158. The molecule has 0 aliphatic rings. The van der Waals surface area contributed by atoms with Crippen LogP contribution in [0.15, 0.2) is 66.9 Å². The Hall–Kier alpha value is -2.58. The molecule has 2 rings (SSSR count). The van der Waals surface area contributed by atoms with Gasteiger partial charge in [-0.3, -0.25) is 0 Å². The van der Waals surface area contributed by atoms with E-state index in [-0.39, 0.29) is 6.54 Å². The quantitative estimate of drug-likeness (QED) is 0.526. The Kier molecular flexibility index (Phi) is 5.58. The van der Waals surface area contributed by atoms with Crippen LogP contribution in [0, 0.1) is 0 Å². The number of benzene rings is 1. The monoisotopic (exact) mass is 381 g/mol. The summed E-state index contributed by atoms with van der Waals surface area (Å²) in [5.41, 5.74) is -2.67. The fourth-order valence-electron chi connectivity index (χ4n) is 2.33. The van der Waals surface area contributed by atoms with Crippen molar-refractivity contribution in [3.8, 4) is 0 Å². The van der Waals surface area contributed by atoms with E-state index in [1.807, 2.05) is 0 Å². The van der Waals surface area contributed by atoms with Crippen molar-refractivity contribution in [2.45, 2.75) is 18.4 Å².